The van der Waals surface area contributed by atoms with E-state index in [0.717, 1.165) is 23.7 Å². The van der Waals surface area contributed by atoms with Crippen LogP contribution in [0.15, 0.2) is 63.2 Å². The number of nitrogen functional groups attached to an aromatic ring is 1. The summed E-state index contributed by atoms with van der Waals surface area (Å²) in [6.45, 7) is 5.73. The van der Waals surface area contributed by atoms with Crippen molar-refractivity contribution in [1.29, 1.82) is 0 Å². The molecule has 0 aliphatic rings. The highest BCUT2D eigenvalue weighted by molar-refractivity contribution is 7.98. The van der Waals surface area contributed by atoms with Crippen LogP contribution in [-0.2, 0) is 5.75 Å². The van der Waals surface area contributed by atoms with Crippen LogP contribution in [-0.4, -0.2) is 55.6 Å². The van der Waals surface area contributed by atoms with Gasteiger partial charge in [0.15, 0.2) is 5.69 Å². The molecule has 186 valence electrons. The molecule has 2 aromatic carbocycles. The molecule has 0 aliphatic carbocycles. The van der Waals surface area contributed by atoms with E-state index >= 15 is 0 Å². The second-order valence-electron chi connectivity index (χ2n) is 7.49. The molecule has 12 nitrogen and oxygen atoms in total. The van der Waals surface area contributed by atoms with E-state index in [1.54, 1.807) is 12.1 Å². The van der Waals surface area contributed by atoms with E-state index in [-0.39, 0.29) is 23.1 Å². The van der Waals surface area contributed by atoms with Gasteiger partial charge in [0.1, 0.15) is 5.75 Å². The minimum atomic E-state index is -0.588. The number of hydrogen-bond donors (Lipinski definition) is 3. The minimum Gasteiger partial charge on any atom is -0.507 e. The average Bonchev–Trinajstić information content (AvgIpc) is 3.50. The number of hydrazone groups is 1. The standard InChI is InChI=1S/C23H25N9O3S/c1-3-31(4-2)16-11-10-15(19(33)12-16)13-25-27-23(34)20-18(14-36-17-8-6-5-7-9-17)32(30-26-20)22-21(24)28-35-29-22/h5-13,33H,3-4,14H2,1-2H3,(H2,24,28)(H,27,34)/b25-13+. The molecule has 0 saturated carbocycles. The molecule has 0 saturated heterocycles. The van der Waals surface area contributed by atoms with Gasteiger partial charge in [-0.1, -0.05) is 23.4 Å². The van der Waals surface area contributed by atoms with E-state index in [1.807, 2.05) is 50.2 Å². The predicted molar refractivity (Wildman–Crippen MR) is 136 cm³/mol. The van der Waals surface area contributed by atoms with Crippen LogP contribution in [0.5, 0.6) is 5.75 Å². The Kier molecular flexibility index (Phi) is 7.80. The normalized spacial score (nSPS) is 11.2. The van der Waals surface area contributed by atoms with Crippen molar-refractivity contribution in [3.63, 3.8) is 0 Å². The Labute approximate surface area is 211 Å². The summed E-state index contributed by atoms with van der Waals surface area (Å²) in [6, 6.07) is 14.9. The van der Waals surface area contributed by atoms with Crippen molar-refractivity contribution in [3.8, 4) is 11.6 Å². The lowest BCUT2D eigenvalue weighted by atomic mass is 10.2. The van der Waals surface area contributed by atoms with E-state index in [0.29, 0.717) is 17.0 Å². The van der Waals surface area contributed by atoms with Crippen molar-refractivity contribution in [2.24, 2.45) is 5.10 Å². The van der Waals surface area contributed by atoms with Gasteiger partial charge in [-0.2, -0.15) is 9.78 Å². The quantitative estimate of drug-likeness (QED) is 0.165. The molecule has 36 heavy (non-hydrogen) atoms. The molecule has 4 rings (SSSR count). The number of hydrogen-bond acceptors (Lipinski definition) is 11. The number of anilines is 2. The number of phenolic OH excluding ortho intramolecular Hbond substituents is 1. The van der Waals surface area contributed by atoms with Crippen LogP contribution in [0, 0.1) is 0 Å². The van der Waals surface area contributed by atoms with Gasteiger partial charge < -0.3 is 15.7 Å². The SMILES string of the molecule is CCN(CC)c1ccc(/C=N/NC(=O)c2nnn(-c3nonc3N)c2CSc2ccccc2)c(O)c1. The van der Waals surface area contributed by atoms with Gasteiger partial charge in [0.05, 0.1) is 11.9 Å². The van der Waals surface area contributed by atoms with Crippen LogP contribution in [0.4, 0.5) is 11.5 Å². The van der Waals surface area contributed by atoms with Crippen LogP contribution >= 0.6 is 11.8 Å². The number of nitrogens with zero attached hydrogens (tertiary/aromatic N) is 7. The molecule has 0 unspecified atom stereocenters. The maximum absolute atomic E-state index is 12.9. The van der Waals surface area contributed by atoms with E-state index < -0.39 is 5.91 Å². The third kappa shape index (κ3) is 5.46. The van der Waals surface area contributed by atoms with Crippen LogP contribution < -0.4 is 16.1 Å². The van der Waals surface area contributed by atoms with Gasteiger partial charge >= 0.3 is 0 Å². The second-order valence-corrected chi connectivity index (χ2v) is 8.53. The highest BCUT2D eigenvalue weighted by Gasteiger charge is 2.24. The fourth-order valence-electron chi connectivity index (χ4n) is 3.42. The van der Waals surface area contributed by atoms with Crippen molar-refractivity contribution in [3.05, 3.63) is 65.5 Å². The van der Waals surface area contributed by atoms with Crippen LogP contribution in [0.2, 0.25) is 0 Å². The summed E-state index contributed by atoms with van der Waals surface area (Å²) >= 11 is 1.48. The molecule has 0 radical (unpaired) electrons. The summed E-state index contributed by atoms with van der Waals surface area (Å²) in [5, 5.41) is 29.7. The molecule has 0 fully saturated rings. The van der Waals surface area contributed by atoms with Gasteiger partial charge in [-0.3, -0.25) is 4.79 Å². The van der Waals surface area contributed by atoms with Crippen LogP contribution in [0.25, 0.3) is 5.82 Å². The Balaban J connectivity index is 1.53. The molecule has 2 aromatic heterocycles. The lowest BCUT2D eigenvalue weighted by molar-refractivity contribution is 0.0949. The van der Waals surface area contributed by atoms with E-state index in [9.17, 15) is 9.90 Å². The number of carbonyl (C=O) groups excluding carboxylic acids is 1. The number of phenols is 1. The molecule has 0 bridgehead atoms. The number of aromatic hydroxyl groups is 1. The Hall–Kier alpha value is -4.39. The molecular weight excluding hydrogens is 482 g/mol. The second kappa shape index (κ2) is 11.4. The third-order valence-corrected chi connectivity index (χ3v) is 6.33. The first-order valence-corrected chi connectivity index (χ1v) is 12.1. The van der Waals surface area contributed by atoms with Crippen molar-refractivity contribution in [2.45, 2.75) is 24.5 Å². The smallest absolute Gasteiger partial charge is 0.293 e. The molecule has 13 heteroatoms. The summed E-state index contributed by atoms with van der Waals surface area (Å²) in [7, 11) is 0. The lowest BCUT2D eigenvalue weighted by Gasteiger charge is -2.21. The number of amides is 1. The summed E-state index contributed by atoms with van der Waals surface area (Å²) in [5.41, 5.74) is 10.1. The number of carbonyl (C=O) groups is 1. The third-order valence-electron chi connectivity index (χ3n) is 5.31. The molecule has 1 amide bonds. The molecule has 0 atom stereocenters. The average molecular weight is 508 g/mol. The van der Waals surface area contributed by atoms with E-state index in [2.05, 4.69) is 40.7 Å². The lowest BCUT2D eigenvalue weighted by Crippen LogP contribution is -2.21. The topological polar surface area (TPSA) is 161 Å². The van der Waals surface area contributed by atoms with E-state index in [4.69, 9.17) is 5.73 Å². The van der Waals surface area contributed by atoms with Crippen molar-refractivity contribution >= 4 is 35.4 Å². The Morgan fingerprint density at radius 3 is 2.67 bits per heavy atom. The number of nitrogens with two attached hydrogens (primary N) is 1. The number of nitrogens with one attached hydrogen (secondary N) is 1. The fourth-order valence-corrected chi connectivity index (χ4v) is 4.34. The van der Waals surface area contributed by atoms with Gasteiger partial charge in [0, 0.05) is 41.1 Å². The Bertz CT molecular complexity index is 1350. The predicted octanol–water partition coefficient (Wildman–Crippen LogP) is 2.84. The number of benzene rings is 2. The zero-order chi connectivity index (χ0) is 25.5. The van der Waals surface area contributed by atoms with Gasteiger partial charge in [-0.15, -0.1) is 16.9 Å². The number of thioether (sulfide) groups is 1. The Morgan fingerprint density at radius 2 is 2.00 bits per heavy atom. The first kappa shape index (κ1) is 24.7. The van der Waals surface area contributed by atoms with E-state index in [1.165, 1.54) is 22.7 Å². The van der Waals surface area contributed by atoms with Gasteiger partial charge in [0.25, 0.3) is 5.91 Å². The number of rotatable bonds is 10. The molecule has 0 spiro atoms. The highest BCUT2D eigenvalue weighted by Crippen LogP contribution is 2.26. The maximum Gasteiger partial charge on any atom is 0.293 e. The molecular formula is C23H25N9O3S. The molecule has 0 aliphatic heterocycles. The zero-order valence-corrected chi connectivity index (χ0v) is 20.5. The summed E-state index contributed by atoms with van der Waals surface area (Å²) < 4.78 is 6.00. The molecule has 4 aromatic rings. The van der Waals surface area contributed by atoms with Crippen molar-refractivity contribution < 1.29 is 14.5 Å². The first-order chi connectivity index (χ1) is 17.5. The fraction of sp³-hybridized carbons (Fsp3) is 0.217. The van der Waals surface area contributed by atoms with Crippen LogP contribution in [0.3, 0.4) is 0 Å². The minimum absolute atomic E-state index is 0.0134. The first-order valence-electron chi connectivity index (χ1n) is 11.1. The monoisotopic (exact) mass is 507 g/mol. The summed E-state index contributed by atoms with van der Waals surface area (Å²) in [4.78, 5) is 16.0. The summed E-state index contributed by atoms with van der Waals surface area (Å²) in [5.74, 6) is -0.0530. The molecule has 4 N–H and O–H groups in total. The van der Waals surface area contributed by atoms with Gasteiger partial charge in [-0.05, 0) is 48.4 Å². The molecule has 2 heterocycles. The van der Waals surface area contributed by atoms with Gasteiger partial charge in [0.2, 0.25) is 11.6 Å². The van der Waals surface area contributed by atoms with Crippen molar-refractivity contribution in [1.82, 2.24) is 30.7 Å². The van der Waals surface area contributed by atoms with Crippen molar-refractivity contribution in [2.75, 3.05) is 23.7 Å². The number of aromatic nitrogens is 5. The zero-order valence-electron chi connectivity index (χ0n) is 19.7. The van der Waals surface area contributed by atoms with Crippen LogP contribution in [0.1, 0.15) is 35.6 Å². The van der Waals surface area contributed by atoms with Gasteiger partial charge in [-0.25, -0.2) is 10.1 Å². The largest absolute Gasteiger partial charge is 0.507 e. The Morgan fingerprint density at radius 1 is 1.22 bits per heavy atom. The highest BCUT2D eigenvalue weighted by atomic mass is 32.2. The summed E-state index contributed by atoms with van der Waals surface area (Å²) in [6.07, 6.45) is 1.36. The maximum atomic E-state index is 12.9.